The smallest absolute Gasteiger partial charge is 0.416 e. The number of rotatable bonds is 4. The van der Waals surface area contributed by atoms with Gasteiger partial charge in [0, 0.05) is 6.54 Å². The largest absolute Gasteiger partial charge is 0.461 e. The Hall–Kier alpha value is -1.50. The van der Waals surface area contributed by atoms with Gasteiger partial charge in [0.15, 0.2) is 5.76 Å². The van der Waals surface area contributed by atoms with Crippen molar-refractivity contribution in [1.82, 2.24) is 4.98 Å². The van der Waals surface area contributed by atoms with Crippen LogP contribution < -0.4 is 5.32 Å². The van der Waals surface area contributed by atoms with Crippen molar-refractivity contribution in [2.45, 2.75) is 19.5 Å². The van der Waals surface area contributed by atoms with E-state index in [1.165, 1.54) is 6.26 Å². The lowest BCUT2D eigenvalue weighted by molar-refractivity contribution is -0.137. The van der Waals surface area contributed by atoms with Gasteiger partial charge in [0.05, 0.1) is 16.3 Å². The Bertz CT molecular complexity index is 596. The molecular formula is C13H12BrF3N2O. The number of anilines is 1. The van der Waals surface area contributed by atoms with E-state index in [0.29, 0.717) is 11.0 Å². The fourth-order valence-corrected chi connectivity index (χ4v) is 2.04. The molecule has 0 aliphatic heterocycles. The zero-order chi connectivity index (χ0) is 14.8. The highest BCUT2D eigenvalue weighted by Crippen LogP contribution is 2.35. The van der Waals surface area contributed by atoms with E-state index >= 15 is 0 Å². The van der Waals surface area contributed by atoms with Gasteiger partial charge in [-0.25, -0.2) is 4.98 Å². The number of hydrogen-bond acceptors (Lipinski definition) is 3. The van der Waals surface area contributed by atoms with Gasteiger partial charge in [-0.2, -0.15) is 13.2 Å². The third kappa shape index (κ3) is 3.33. The Balaban J connectivity index is 2.48. The number of aromatic nitrogens is 1. The van der Waals surface area contributed by atoms with Crippen molar-refractivity contribution < 1.29 is 17.6 Å². The molecule has 2 aromatic rings. The minimum Gasteiger partial charge on any atom is -0.461 e. The Kier molecular flexibility index (Phi) is 4.37. The molecule has 2 heterocycles. The first-order valence-corrected chi connectivity index (χ1v) is 6.77. The molecule has 0 aliphatic carbocycles. The molecule has 0 bridgehead atoms. The number of furan rings is 1. The number of halogens is 4. The van der Waals surface area contributed by atoms with Crippen LogP contribution in [0.2, 0.25) is 0 Å². The molecule has 0 atom stereocenters. The Labute approximate surface area is 122 Å². The second-order valence-corrected chi connectivity index (χ2v) is 5.00. The van der Waals surface area contributed by atoms with Crippen molar-refractivity contribution in [2.24, 2.45) is 0 Å². The van der Waals surface area contributed by atoms with E-state index in [0.717, 1.165) is 18.6 Å². The second kappa shape index (κ2) is 5.87. The summed E-state index contributed by atoms with van der Waals surface area (Å²) < 4.78 is 44.5. The highest BCUT2D eigenvalue weighted by atomic mass is 79.9. The molecule has 1 N–H and O–H groups in total. The van der Waals surface area contributed by atoms with Gasteiger partial charge in [-0.3, -0.25) is 0 Å². The van der Waals surface area contributed by atoms with Gasteiger partial charge in [-0.1, -0.05) is 6.92 Å². The lowest BCUT2D eigenvalue weighted by Crippen LogP contribution is -2.09. The Morgan fingerprint density at radius 2 is 2.10 bits per heavy atom. The first-order valence-electron chi connectivity index (χ1n) is 5.98. The van der Waals surface area contributed by atoms with Crippen molar-refractivity contribution in [3.8, 4) is 11.5 Å². The van der Waals surface area contributed by atoms with Crippen LogP contribution in [0.1, 0.15) is 18.9 Å². The molecule has 0 unspecified atom stereocenters. The minimum atomic E-state index is -4.43. The van der Waals surface area contributed by atoms with E-state index in [4.69, 9.17) is 4.42 Å². The molecule has 0 aromatic carbocycles. The summed E-state index contributed by atoms with van der Waals surface area (Å²) in [7, 11) is 0. The lowest BCUT2D eigenvalue weighted by Gasteiger charge is -2.11. The van der Waals surface area contributed by atoms with Gasteiger partial charge in [-0.15, -0.1) is 0 Å². The molecule has 0 spiro atoms. The molecule has 3 nitrogen and oxygen atoms in total. The van der Waals surface area contributed by atoms with Crippen LogP contribution in [0.4, 0.5) is 19.0 Å². The maximum atomic E-state index is 12.9. The predicted molar refractivity (Wildman–Crippen MR) is 73.4 cm³/mol. The lowest BCUT2D eigenvalue weighted by atomic mass is 10.2. The highest BCUT2D eigenvalue weighted by molar-refractivity contribution is 9.10. The number of hydrogen-bond donors (Lipinski definition) is 1. The molecule has 2 aromatic heterocycles. The van der Waals surface area contributed by atoms with Crippen molar-refractivity contribution in [3.63, 3.8) is 0 Å². The second-order valence-electron chi connectivity index (χ2n) is 4.15. The number of nitrogens with zero attached hydrogens (tertiary/aromatic N) is 1. The van der Waals surface area contributed by atoms with Crippen LogP contribution >= 0.6 is 15.9 Å². The molecule has 0 radical (unpaired) electrons. The van der Waals surface area contributed by atoms with Crippen LogP contribution in [0.5, 0.6) is 0 Å². The molecule has 2 rings (SSSR count). The van der Waals surface area contributed by atoms with Crippen molar-refractivity contribution in [3.05, 3.63) is 34.5 Å². The summed E-state index contributed by atoms with van der Waals surface area (Å²) >= 11 is 3.22. The number of pyridine rings is 1. The molecule has 0 amide bonds. The normalized spacial score (nSPS) is 11.7. The van der Waals surface area contributed by atoms with Crippen molar-refractivity contribution in [2.75, 3.05) is 11.9 Å². The van der Waals surface area contributed by atoms with E-state index in [2.05, 4.69) is 26.2 Å². The van der Waals surface area contributed by atoms with E-state index in [1.807, 2.05) is 6.92 Å². The van der Waals surface area contributed by atoms with E-state index < -0.39 is 11.7 Å². The Morgan fingerprint density at radius 1 is 1.35 bits per heavy atom. The summed E-state index contributed by atoms with van der Waals surface area (Å²) in [5.41, 5.74) is -0.625. The maximum Gasteiger partial charge on any atom is 0.416 e. The summed E-state index contributed by atoms with van der Waals surface area (Å²) in [4.78, 5) is 4.15. The first-order chi connectivity index (χ1) is 9.41. The standard InChI is InChI=1S/C13H12BrF3N2O/c1-2-4-18-11-7-8(13(15,16)17)6-10(19-11)12-9(14)3-5-20-12/h3,5-7H,2,4H2,1H3,(H,18,19). The van der Waals surface area contributed by atoms with Gasteiger partial charge in [0.2, 0.25) is 0 Å². The van der Waals surface area contributed by atoms with E-state index in [1.54, 1.807) is 6.07 Å². The van der Waals surface area contributed by atoms with Gasteiger partial charge >= 0.3 is 6.18 Å². The summed E-state index contributed by atoms with van der Waals surface area (Å²) in [6.07, 6.45) is -2.25. The highest BCUT2D eigenvalue weighted by Gasteiger charge is 2.32. The van der Waals surface area contributed by atoms with Gasteiger partial charge < -0.3 is 9.73 Å². The maximum absolute atomic E-state index is 12.9. The number of nitrogens with one attached hydrogen (secondary N) is 1. The zero-order valence-electron chi connectivity index (χ0n) is 10.6. The third-order valence-electron chi connectivity index (χ3n) is 2.56. The van der Waals surface area contributed by atoms with Gasteiger partial charge in [-0.05, 0) is 40.5 Å². The van der Waals surface area contributed by atoms with Crippen molar-refractivity contribution >= 4 is 21.7 Å². The van der Waals surface area contributed by atoms with Gasteiger partial charge in [0.1, 0.15) is 11.5 Å². The molecule has 20 heavy (non-hydrogen) atoms. The first kappa shape index (κ1) is 14.9. The fourth-order valence-electron chi connectivity index (χ4n) is 1.63. The SMILES string of the molecule is CCCNc1cc(C(F)(F)F)cc(-c2occc2Br)n1. The molecule has 0 fully saturated rings. The molecule has 108 valence electrons. The van der Waals surface area contributed by atoms with Gasteiger partial charge in [0.25, 0.3) is 0 Å². The Morgan fingerprint density at radius 3 is 2.65 bits per heavy atom. The summed E-state index contributed by atoms with van der Waals surface area (Å²) in [6.45, 7) is 2.47. The van der Waals surface area contributed by atoms with Crippen LogP contribution in [-0.2, 0) is 6.18 Å². The predicted octanol–water partition coefficient (Wildman–Crippen LogP) is 4.94. The summed E-state index contributed by atoms with van der Waals surface area (Å²) in [5.74, 6) is 0.454. The molecular weight excluding hydrogens is 337 g/mol. The fraction of sp³-hybridized carbons (Fsp3) is 0.308. The van der Waals surface area contributed by atoms with Crippen molar-refractivity contribution in [1.29, 1.82) is 0 Å². The average Bonchev–Trinajstić information content (AvgIpc) is 2.81. The molecule has 0 saturated heterocycles. The van der Waals surface area contributed by atoms with E-state index in [9.17, 15) is 13.2 Å². The average molecular weight is 349 g/mol. The molecule has 0 aliphatic rings. The molecule has 7 heteroatoms. The monoisotopic (exact) mass is 348 g/mol. The minimum absolute atomic E-state index is 0.135. The summed E-state index contributed by atoms with van der Waals surface area (Å²) in [6, 6.07) is 3.58. The topological polar surface area (TPSA) is 38.1 Å². The van der Waals surface area contributed by atoms with Crippen LogP contribution in [0.15, 0.2) is 33.4 Å². The zero-order valence-corrected chi connectivity index (χ0v) is 12.2. The quantitative estimate of drug-likeness (QED) is 0.849. The van der Waals surface area contributed by atoms with Crippen LogP contribution in [0.3, 0.4) is 0 Å². The van der Waals surface area contributed by atoms with Crippen LogP contribution in [0.25, 0.3) is 11.5 Å². The van der Waals surface area contributed by atoms with E-state index in [-0.39, 0.29) is 17.3 Å². The summed E-state index contributed by atoms with van der Waals surface area (Å²) in [5, 5.41) is 2.86. The molecule has 0 saturated carbocycles. The third-order valence-corrected chi connectivity index (χ3v) is 3.18. The number of alkyl halides is 3. The van der Waals surface area contributed by atoms with Crippen LogP contribution in [-0.4, -0.2) is 11.5 Å². The van der Waals surface area contributed by atoms with Crippen LogP contribution in [0, 0.1) is 0 Å².